The van der Waals surface area contributed by atoms with Crippen LogP contribution in [-0.4, -0.2) is 37.8 Å². The second-order valence-corrected chi connectivity index (χ2v) is 8.07. The summed E-state index contributed by atoms with van der Waals surface area (Å²) in [5.41, 5.74) is 0.693. The molecule has 1 aliphatic heterocycles. The monoisotopic (exact) mass is 421 g/mol. The quantitative estimate of drug-likeness (QED) is 0.775. The van der Waals surface area contributed by atoms with Gasteiger partial charge in [0.05, 0.1) is 11.3 Å². The van der Waals surface area contributed by atoms with Crippen LogP contribution in [0.5, 0.6) is 0 Å². The van der Waals surface area contributed by atoms with Gasteiger partial charge in [-0.1, -0.05) is 12.1 Å². The molecular formula is C18H17F2N5O3S. The van der Waals surface area contributed by atoms with Crippen molar-refractivity contribution in [2.24, 2.45) is 5.14 Å². The maximum Gasteiger partial charge on any atom is 0.255 e. The number of nitrogens with zero attached hydrogens (tertiary/aromatic N) is 3. The molecule has 1 aromatic heterocycles. The number of alkyl halides is 2. The first-order valence-electron chi connectivity index (χ1n) is 8.54. The van der Waals surface area contributed by atoms with Crippen molar-refractivity contribution < 1.29 is 22.0 Å². The first-order chi connectivity index (χ1) is 13.6. The Kier molecular flexibility index (Phi) is 5.50. The molecule has 0 bridgehead atoms. The van der Waals surface area contributed by atoms with Gasteiger partial charge in [0, 0.05) is 37.3 Å². The SMILES string of the molecule is N#Cc1ccccc1N1CCC(F)(F)CC1C(=O)Nc1ccnc(S(N)(=O)=O)c1. The van der Waals surface area contributed by atoms with Crippen molar-refractivity contribution >= 4 is 27.3 Å². The summed E-state index contributed by atoms with van der Waals surface area (Å²) in [6, 6.07) is 9.52. The lowest BCUT2D eigenvalue weighted by atomic mass is 9.96. The van der Waals surface area contributed by atoms with E-state index in [9.17, 15) is 27.3 Å². The number of hydrogen-bond acceptors (Lipinski definition) is 6. The Balaban J connectivity index is 1.92. The highest BCUT2D eigenvalue weighted by atomic mass is 32.2. The van der Waals surface area contributed by atoms with Gasteiger partial charge in [-0.25, -0.2) is 27.3 Å². The molecule has 0 saturated carbocycles. The van der Waals surface area contributed by atoms with E-state index in [4.69, 9.17) is 5.14 Å². The number of pyridine rings is 1. The van der Waals surface area contributed by atoms with Crippen LogP contribution < -0.4 is 15.4 Å². The maximum absolute atomic E-state index is 14.1. The second-order valence-electron chi connectivity index (χ2n) is 6.57. The first-order valence-corrected chi connectivity index (χ1v) is 10.1. The fourth-order valence-corrected chi connectivity index (χ4v) is 3.64. The van der Waals surface area contributed by atoms with Crippen molar-refractivity contribution in [3.63, 3.8) is 0 Å². The summed E-state index contributed by atoms with van der Waals surface area (Å²) in [6.07, 6.45) is -0.0688. The lowest BCUT2D eigenvalue weighted by molar-refractivity contribution is -0.121. The summed E-state index contributed by atoms with van der Waals surface area (Å²) in [4.78, 5) is 17.9. The minimum atomic E-state index is -4.10. The summed E-state index contributed by atoms with van der Waals surface area (Å²) in [6.45, 7) is -0.122. The van der Waals surface area contributed by atoms with Gasteiger partial charge in [-0.2, -0.15) is 5.26 Å². The van der Waals surface area contributed by atoms with Gasteiger partial charge < -0.3 is 10.2 Å². The molecule has 1 amide bonds. The highest BCUT2D eigenvalue weighted by Gasteiger charge is 2.44. The number of halogens is 2. The number of benzene rings is 1. The third kappa shape index (κ3) is 4.67. The minimum Gasteiger partial charge on any atom is -0.358 e. The minimum absolute atomic E-state index is 0.0523. The van der Waals surface area contributed by atoms with Crippen molar-refractivity contribution in [2.75, 3.05) is 16.8 Å². The second kappa shape index (κ2) is 7.73. The Morgan fingerprint density at radius 2 is 2.07 bits per heavy atom. The number of rotatable bonds is 4. The van der Waals surface area contributed by atoms with Crippen LogP contribution in [0.25, 0.3) is 0 Å². The number of para-hydroxylation sites is 1. The number of piperidine rings is 1. The molecule has 1 atom stereocenters. The molecule has 11 heteroatoms. The van der Waals surface area contributed by atoms with Gasteiger partial charge in [0.2, 0.25) is 5.91 Å². The zero-order valence-corrected chi connectivity index (χ0v) is 15.9. The van der Waals surface area contributed by atoms with Crippen LogP contribution in [0, 0.1) is 11.3 Å². The Morgan fingerprint density at radius 1 is 1.34 bits per heavy atom. The van der Waals surface area contributed by atoms with Gasteiger partial charge >= 0.3 is 0 Å². The van der Waals surface area contributed by atoms with Gasteiger partial charge in [0.1, 0.15) is 12.1 Å². The molecule has 1 saturated heterocycles. The van der Waals surface area contributed by atoms with E-state index in [1.54, 1.807) is 18.2 Å². The zero-order valence-electron chi connectivity index (χ0n) is 15.0. The van der Waals surface area contributed by atoms with Crippen LogP contribution in [0.1, 0.15) is 18.4 Å². The third-order valence-electron chi connectivity index (χ3n) is 4.52. The standard InChI is InChI=1S/C18H17F2N5O3S/c19-18(20)6-8-25(14-4-2-1-3-12(14)11-21)15(10-18)17(26)24-13-5-7-23-16(9-13)29(22,27)28/h1-5,7,9,15H,6,8,10H2,(H2,22,27,28)(H,23,24,26). The summed E-state index contributed by atoms with van der Waals surface area (Å²) < 4.78 is 51.0. The Hall–Kier alpha value is -3.10. The molecule has 1 fully saturated rings. The van der Waals surface area contributed by atoms with Gasteiger partial charge in [-0.05, 0) is 18.2 Å². The Morgan fingerprint density at radius 3 is 2.76 bits per heavy atom. The number of nitrogens with one attached hydrogen (secondary N) is 1. The van der Waals surface area contributed by atoms with E-state index < -0.39 is 45.8 Å². The number of carbonyl (C=O) groups excluding carboxylic acids is 1. The molecule has 3 N–H and O–H groups in total. The molecule has 29 heavy (non-hydrogen) atoms. The van der Waals surface area contributed by atoms with E-state index in [0.717, 1.165) is 12.3 Å². The summed E-state index contributed by atoms with van der Waals surface area (Å²) in [5, 5.41) is 16.3. The topological polar surface area (TPSA) is 129 Å². The molecule has 3 rings (SSSR count). The number of hydrogen-bond donors (Lipinski definition) is 2. The van der Waals surface area contributed by atoms with E-state index in [1.165, 1.54) is 17.0 Å². The van der Waals surface area contributed by atoms with Gasteiger partial charge in [-0.3, -0.25) is 4.79 Å². The molecule has 0 spiro atoms. The molecule has 1 aromatic carbocycles. The van der Waals surface area contributed by atoms with E-state index in [1.807, 2.05) is 6.07 Å². The number of sulfonamides is 1. The lowest BCUT2D eigenvalue weighted by Crippen LogP contribution is -2.53. The molecule has 2 heterocycles. The van der Waals surface area contributed by atoms with Gasteiger partial charge in [0.15, 0.2) is 5.03 Å². The molecule has 8 nitrogen and oxygen atoms in total. The normalized spacial score (nSPS) is 18.7. The number of amides is 1. The molecule has 0 radical (unpaired) electrons. The highest BCUT2D eigenvalue weighted by molar-refractivity contribution is 7.89. The number of nitriles is 1. The highest BCUT2D eigenvalue weighted by Crippen LogP contribution is 2.36. The zero-order chi connectivity index (χ0) is 21.2. The van der Waals surface area contributed by atoms with Gasteiger partial charge in [0.25, 0.3) is 15.9 Å². The molecule has 152 valence electrons. The van der Waals surface area contributed by atoms with Crippen LogP contribution in [0.4, 0.5) is 20.2 Å². The van der Waals surface area contributed by atoms with Crippen LogP contribution in [0.2, 0.25) is 0 Å². The summed E-state index contributed by atoms with van der Waals surface area (Å²) in [7, 11) is -4.10. The number of nitrogens with two attached hydrogens (primary N) is 1. The Labute approximate surface area is 166 Å². The van der Waals surface area contributed by atoms with Crippen LogP contribution in [0.15, 0.2) is 47.6 Å². The average Bonchev–Trinajstić information content (AvgIpc) is 2.67. The summed E-state index contributed by atoms with van der Waals surface area (Å²) in [5.74, 6) is -3.81. The molecule has 0 aliphatic carbocycles. The van der Waals surface area contributed by atoms with E-state index in [-0.39, 0.29) is 17.8 Å². The Bertz CT molecular complexity index is 1080. The van der Waals surface area contributed by atoms with E-state index in [0.29, 0.717) is 5.69 Å². The first kappa shape index (κ1) is 20.6. The lowest BCUT2D eigenvalue weighted by Gasteiger charge is -2.40. The van der Waals surface area contributed by atoms with Crippen LogP contribution in [-0.2, 0) is 14.8 Å². The largest absolute Gasteiger partial charge is 0.358 e. The predicted molar refractivity (Wildman–Crippen MR) is 101 cm³/mol. The van der Waals surface area contributed by atoms with Crippen molar-refractivity contribution in [2.45, 2.75) is 29.8 Å². The molecule has 1 unspecified atom stereocenters. The van der Waals surface area contributed by atoms with Crippen LogP contribution in [0.3, 0.4) is 0 Å². The number of carbonyl (C=O) groups is 1. The van der Waals surface area contributed by atoms with Crippen molar-refractivity contribution in [1.82, 2.24) is 4.98 Å². The molecular weight excluding hydrogens is 404 g/mol. The van der Waals surface area contributed by atoms with E-state index in [2.05, 4.69) is 10.3 Å². The van der Waals surface area contributed by atoms with Crippen LogP contribution >= 0.6 is 0 Å². The van der Waals surface area contributed by atoms with Crippen molar-refractivity contribution in [3.05, 3.63) is 48.2 Å². The fourth-order valence-electron chi connectivity index (χ4n) is 3.14. The maximum atomic E-state index is 14.1. The number of anilines is 2. The number of aromatic nitrogens is 1. The average molecular weight is 421 g/mol. The summed E-state index contributed by atoms with van der Waals surface area (Å²) >= 11 is 0. The predicted octanol–water partition coefficient (Wildman–Crippen LogP) is 1.84. The van der Waals surface area contributed by atoms with Crippen molar-refractivity contribution in [3.8, 4) is 6.07 Å². The molecule has 1 aliphatic rings. The van der Waals surface area contributed by atoms with E-state index >= 15 is 0 Å². The fraction of sp³-hybridized carbons (Fsp3) is 0.278. The third-order valence-corrected chi connectivity index (χ3v) is 5.32. The smallest absolute Gasteiger partial charge is 0.255 e. The molecule has 2 aromatic rings. The number of primary sulfonamides is 1. The van der Waals surface area contributed by atoms with Crippen molar-refractivity contribution in [1.29, 1.82) is 5.26 Å². The van der Waals surface area contributed by atoms with Gasteiger partial charge in [-0.15, -0.1) is 0 Å².